The number of benzene rings is 1. The monoisotopic (exact) mass is 352 g/mol. The largest absolute Gasteiger partial charge is 0.506 e. The van der Waals surface area contributed by atoms with Crippen molar-refractivity contribution in [1.82, 2.24) is 9.97 Å². The third kappa shape index (κ3) is 3.16. The number of ketones is 1. The molecule has 0 saturated heterocycles. The number of H-pyrrole nitrogens is 1. The fourth-order valence-corrected chi connectivity index (χ4v) is 3.84. The summed E-state index contributed by atoms with van der Waals surface area (Å²) >= 11 is 8.27. The second-order valence-corrected chi connectivity index (χ2v) is 7.05. The van der Waals surface area contributed by atoms with Crippen molar-refractivity contribution in [1.29, 1.82) is 0 Å². The number of nitrogens with zero attached hydrogens (tertiary/aromatic N) is 1. The second-order valence-electron chi connectivity index (χ2n) is 4.40. The van der Waals surface area contributed by atoms with Crippen molar-refractivity contribution in [3.63, 3.8) is 0 Å². The van der Waals surface area contributed by atoms with E-state index in [9.17, 15) is 14.7 Å². The summed E-state index contributed by atoms with van der Waals surface area (Å²) in [5.74, 6) is 0.0673. The standard InChI is InChI=1S/C14H9ClN2O3S2/c15-8-3-1-7(2-4-8)10(19)6-21-14-17-13-12(22-14)9(18)5-11(20)16-13/h1-5H,6H2,(H2,16,18,20). The topological polar surface area (TPSA) is 83.0 Å². The molecule has 22 heavy (non-hydrogen) atoms. The van der Waals surface area contributed by atoms with E-state index in [1.165, 1.54) is 23.1 Å². The minimum atomic E-state index is -0.413. The van der Waals surface area contributed by atoms with Gasteiger partial charge in [0.25, 0.3) is 5.56 Å². The van der Waals surface area contributed by atoms with E-state index >= 15 is 0 Å². The van der Waals surface area contributed by atoms with Crippen LogP contribution >= 0.6 is 34.7 Å². The zero-order chi connectivity index (χ0) is 15.7. The van der Waals surface area contributed by atoms with Crippen LogP contribution in [0, 0.1) is 0 Å². The number of halogens is 1. The first-order chi connectivity index (χ1) is 10.5. The van der Waals surface area contributed by atoms with Gasteiger partial charge in [-0.05, 0) is 24.3 Å². The van der Waals surface area contributed by atoms with Crippen molar-refractivity contribution in [2.45, 2.75) is 4.34 Å². The molecule has 2 heterocycles. The van der Waals surface area contributed by atoms with E-state index in [1.54, 1.807) is 24.3 Å². The molecule has 0 radical (unpaired) electrons. The van der Waals surface area contributed by atoms with Gasteiger partial charge in [-0.3, -0.25) is 9.59 Å². The summed E-state index contributed by atoms with van der Waals surface area (Å²) in [7, 11) is 0. The number of thioether (sulfide) groups is 1. The number of thiazole rings is 1. The summed E-state index contributed by atoms with van der Waals surface area (Å²) in [6, 6.07) is 7.79. The molecule has 5 nitrogen and oxygen atoms in total. The Labute approximate surface area is 138 Å². The highest BCUT2D eigenvalue weighted by atomic mass is 35.5. The average molecular weight is 353 g/mol. The summed E-state index contributed by atoms with van der Waals surface area (Å²) in [5.41, 5.74) is 0.495. The molecule has 8 heteroatoms. The Bertz CT molecular complexity index is 903. The minimum absolute atomic E-state index is 0.0429. The summed E-state index contributed by atoms with van der Waals surface area (Å²) in [6.07, 6.45) is 0. The maximum Gasteiger partial charge on any atom is 0.253 e. The number of fused-ring (bicyclic) bond motifs is 1. The molecule has 0 aliphatic rings. The first-order valence-electron chi connectivity index (χ1n) is 6.17. The molecule has 0 fully saturated rings. The van der Waals surface area contributed by atoms with Crippen LogP contribution in [0.5, 0.6) is 5.75 Å². The molecule has 3 aromatic rings. The summed E-state index contributed by atoms with van der Waals surface area (Å²) in [6.45, 7) is 0. The summed E-state index contributed by atoms with van der Waals surface area (Å²) in [5, 5.41) is 10.3. The van der Waals surface area contributed by atoms with Crippen LogP contribution in [0.25, 0.3) is 10.3 Å². The third-order valence-electron chi connectivity index (χ3n) is 2.84. The Kier molecular flexibility index (Phi) is 4.19. The Morgan fingerprint density at radius 3 is 2.82 bits per heavy atom. The van der Waals surface area contributed by atoms with Crippen molar-refractivity contribution in [3.05, 3.63) is 51.3 Å². The molecule has 3 rings (SSSR count). The molecule has 1 aromatic carbocycles. The average Bonchev–Trinajstić information content (AvgIpc) is 2.89. The van der Waals surface area contributed by atoms with Gasteiger partial charge in [0.1, 0.15) is 10.4 Å². The second kappa shape index (κ2) is 6.12. The van der Waals surface area contributed by atoms with Gasteiger partial charge in [-0.1, -0.05) is 23.4 Å². The SMILES string of the molecule is O=C(CSc1nc2[nH]c(=O)cc(O)c2s1)c1ccc(Cl)cc1. The van der Waals surface area contributed by atoms with E-state index < -0.39 is 5.56 Å². The fraction of sp³-hybridized carbons (Fsp3) is 0.0714. The zero-order valence-corrected chi connectivity index (χ0v) is 13.4. The minimum Gasteiger partial charge on any atom is -0.506 e. The Morgan fingerprint density at radius 2 is 2.09 bits per heavy atom. The Hall–Kier alpha value is -1.83. The van der Waals surface area contributed by atoms with Gasteiger partial charge in [0.05, 0.1) is 5.75 Å². The van der Waals surface area contributed by atoms with Crippen LogP contribution in [0.15, 0.2) is 39.5 Å². The number of carbonyl (C=O) groups excluding carboxylic acids is 1. The van der Waals surface area contributed by atoms with Gasteiger partial charge < -0.3 is 10.1 Å². The highest BCUT2D eigenvalue weighted by Crippen LogP contribution is 2.33. The maximum absolute atomic E-state index is 12.1. The molecule has 0 spiro atoms. The lowest BCUT2D eigenvalue weighted by Gasteiger charge is -1.99. The molecular weight excluding hydrogens is 344 g/mol. The first-order valence-corrected chi connectivity index (χ1v) is 8.35. The molecule has 0 unspecified atom stereocenters. The molecule has 0 aliphatic heterocycles. The third-order valence-corrected chi connectivity index (χ3v) is 5.32. The van der Waals surface area contributed by atoms with Gasteiger partial charge in [-0.25, -0.2) is 4.98 Å². The number of hydrogen-bond donors (Lipinski definition) is 2. The number of hydrogen-bond acceptors (Lipinski definition) is 6. The van der Waals surface area contributed by atoms with Crippen LogP contribution in [0.2, 0.25) is 5.02 Å². The molecule has 0 amide bonds. The first kappa shape index (κ1) is 15.1. The van der Waals surface area contributed by atoms with Crippen molar-refractivity contribution >= 4 is 50.8 Å². The maximum atomic E-state index is 12.1. The smallest absolute Gasteiger partial charge is 0.253 e. The number of nitrogens with one attached hydrogen (secondary N) is 1. The molecule has 0 bridgehead atoms. The highest BCUT2D eigenvalue weighted by Gasteiger charge is 2.12. The number of Topliss-reactive ketones (excluding diaryl/α,β-unsaturated/α-hetero) is 1. The number of aromatic amines is 1. The van der Waals surface area contributed by atoms with Gasteiger partial charge in [0.15, 0.2) is 15.8 Å². The van der Waals surface area contributed by atoms with Crippen molar-refractivity contribution in [2.75, 3.05) is 5.75 Å². The lowest BCUT2D eigenvalue weighted by Crippen LogP contribution is -2.02. The Morgan fingerprint density at radius 1 is 1.36 bits per heavy atom. The van der Waals surface area contributed by atoms with Crippen molar-refractivity contribution in [3.8, 4) is 5.75 Å². The number of carbonyl (C=O) groups is 1. The van der Waals surface area contributed by atoms with Gasteiger partial charge in [0.2, 0.25) is 0 Å². The zero-order valence-electron chi connectivity index (χ0n) is 11.0. The van der Waals surface area contributed by atoms with E-state index in [0.29, 0.717) is 25.3 Å². The molecule has 0 saturated carbocycles. The molecule has 0 aliphatic carbocycles. The van der Waals surface area contributed by atoms with E-state index in [4.69, 9.17) is 11.6 Å². The lowest BCUT2D eigenvalue weighted by molar-refractivity contribution is 0.102. The van der Waals surface area contributed by atoms with Crippen LogP contribution in [0.3, 0.4) is 0 Å². The van der Waals surface area contributed by atoms with E-state index in [2.05, 4.69) is 9.97 Å². The predicted octanol–water partition coefficient (Wildman–Crippen LogP) is 3.32. The van der Waals surface area contributed by atoms with E-state index in [-0.39, 0.29) is 17.3 Å². The van der Waals surface area contributed by atoms with E-state index in [1.807, 2.05) is 0 Å². The lowest BCUT2D eigenvalue weighted by atomic mass is 10.1. The van der Waals surface area contributed by atoms with Crippen LogP contribution in [-0.4, -0.2) is 26.6 Å². The number of rotatable bonds is 4. The van der Waals surface area contributed by atoms with Crippen molar-refractivity contribution in [2.24, 2.45) is 0 Å². The highest BCUT2D eigenvalue weighted by molar-refractivity contribution is 8.01. The Balaban J connectivity index is 1.76. The molecule has 2 N–H and O–H groups in total. The van der Waals surface area contributed by atoms with Crippen LogP contribution in [0.1, 0.15) is 10.4 Å². The number of pyridine rings is 1. The molecule has 112 valence electrons. The van der Waals surface area contributed by atoms with Gasteiger partial charge >= 0.3 is 0 Å². The normalized spacial score (nSPS) is 11.0. The fourth-order valence-electron chi connectivity index (χ4n) is 1.81. The summed E-state index contributed by atoms with van der Waals surface area (Å²) in [4.78, 5) is 30.1. The van der Waals surface area contributed by atoms with Gasteiger partial charge in [-0.15, -0.1) is 11.3 Å². The number of aromatic hydroxyl groups is 1. The van der Waals surface area contributed by atoms with E-state index in [0.717, 1.165) is 6.07 Å². The van der Waals surface area contributed by atoms with Crippen LogP contribution in [-0.2, 0) is 0 Å². The quantitative estimate of drug-likeness (QED) is 0.556. The summed E-state index contributed by atoms with van der Waals surface area (Å²) < 4.78 is 1.11. The van der Waals surface area contributed by atoms with Crippen LogP contribution < -0.4 is 5.56 Å². The predicted molar refractivity (Wildman–Crippen MR) is 88.4 cm³/mol. The molecular formula is C14H9ClN2O3S2. The molecule has 2 aromatic heterocycles. The van der Waals surface area contributed by atoms with Gasteiger partial charge in [0, 0.05) is 16.7 Å². The van der Waals surface area contributed by atoms with Crippen molar-refractivity contribution < 1.29 is 9.90 Å². The van der Waals surface area contributed by atoms with Gasteiger partial charge in [-0.2, -0.15) is 0 Å². The molecule has 0 atom stereocenters. The number of aromatic nitrogens is 2. The van der Waals surface area contributed by atoms with Crippen LogP contribution in [0.4, 0.5) is 0 Å².